The smallest absolute Gasteiger partial charge is 0.268 e. The summed E-state index contributed by atoms with van der Waals surface area (Å²) in [5, 5.41) is 11.2. The lowest BCUT2D eigenvalue weighted by Crippen LogP contribution is -2.36. The van der Waals surface area contributed by atoms with Gasteiger partial charge in [0.2, 0.25) is 0 Å². The van der Waals surface area contributed by atoms with E-state index in [-0.39, 0.29) is 22.9 Å². The number of nitrogens with one attached hydrogen (secondary N) is 1. The number of aromatic nitrogens is 4. The standard InChI is InChI=1S/C23H25N5O2/c1-14-9-10-27(19-8-4-6-17-5-3-7-18(17)19)23(30)21(14)22(29)24-12-16-11-20-26-25-15(2)28(20)13-16/h4,6,8-10,16H,3,5,7,11-13H2,1-2H3,(H,24,29). The number of pyridine rings is 1. The quantitative estimate of drug-likeness (QED) is 0.724. The Balaban J connectivity index is 1.38. The minimum Gasteiger partial charge on any atom is -0.351 e. The molecule has 3 aromatic rings. The zero-order chi connectivity index (χ0) is 20.8. The normalized spacial score (nSPS) is 17.1. The maximum atomic E-state index is 13.3. The van der Waals surface area contributed by atoms with Crippen LogP contribution >= 0.6 is 0 Å². The molecule has 5 rings (SSSR count). The van der Waals surface area contributed by atoms with Crippen molar-refractivity contribution >= 4 is 5.91 Å². The van der Waals surface area contributed by atoms with Crippen molar-refractivity contribution in [2.75, 3.05) is 6.54 Å². The SMILES string of the molecule is Cc1ccn(-c2cccc3c2CCC3)c(=O)c1C(=O)NCC1Cc2nnc(C)n2C1. The van der Waals surface area contributed by atoms with E-state index in [0.717, 1.165) is 49.6 Å². The molecule has 1 aliphatic heterocycles. The van der Waals surface area contributed by atoms with Crippen molar-refractivity contribution in [3.05, 3.63) is 74.7 Å². The average molecular weight is 403 g/mol. The van der Waals surface area contributed by atoms with E-state index in [1.54, 1.807) is 10.8 Å². The maximum Gasteiger partial charge on any atom is 0.268 e. The molecule has 0 saturated carbocycles. The highest BCUT2D eigenvalue weighted by atomic mass is 16.2. The van der Waals surface area contributed by atoms with Crippen LogP contribution in [0.1, 0.15) is 45.1 Å². The van der Waals surface area contributed by atoms with Crippen LogP contribution < -0.4 is 10.9 Å². The van der Waals surface area contributed by atoms with Crippen molar-refractivity contribution in [3.63, 3.8) is 0 Å². The second-order valence-corrected chi connectivity index (χ2v) is 8.37. The Morgan fingerprint density at radius 2 is 2.07 bits per heavy atom. The zero-order valence-corrected chi connectivity index (χ0v) is 17.3. The number of aryl methyl sites for hydroxylation is 3. The molecule has 0 saturated heterocycles. The second kappa shape index (κ2) is 7.23. The van der Waals surface area contributed by atoms with E-state index in [4.69, 9.17) is 0 Å². The van der Waals surface area contributed by atoms with Crippen LogP contribution in [-0.2, 0) is 25.8 Å². The molecule has 1 aliphatic carbocycles. The van der Waals surface area contributed by atoms with Gasteiger partial charge in [0.1, 0.15) is 17.2 Å². The van der Waals surface area contributed by atoms with Gasteiger partial charge in [-0.1, -0.05) is 12.1 Å². The number of hydrogen-bond acceptors (Lipinski definition) is 4. The van der Waals surface area contributed by atoms with Gasteiger partial charge < -0.3 is 9.88 Å². The monoisotopic (exact) mass is 403 g/mol. The minimum atomic E-state index is -0.307. The molecule has 2 aromatic heterocycles. The highest BCUT2D eigenvalue weighted by molar-refractivity contribution is 5.95. The predicted octanol–water partition coefficient (Wildman–Crippen LogP) is 2.14. The molecule has 1 unspecified atom stereocenters. The highest BCUT2D eigenvalue weighted by Gasteiger charge is 2.26. The lowest BCUT2D eigenvalue weighted by atomic mass is 10.1. The van der Waals surface area contributed by atoms with Crippen LogP contribution in [0.3, 0.4) is 0 Å². The van der Waals surface area contributed by atoms with E-state index in [1.165, 1.54) is 11.1 Å². The number of rotatable bonds is 4. The summed E-state index contributed by atoms with van der Waals surface area (Å²) >= 11 is 0. The van der Waals surface area contributed by atoms with Crippen LogP contribution in [0.15, 0.2) is 35.3 Å². The Hall–Kier alpha value is -3.22. The highest BCUT2D eigenvalue weighted by Crippen LogP contribution is 2.27. The fraction of sp³-hybridized carbons (Fsp3) is 0.391. The lowest BCUT2D eigenvalue weighted by molar-refractivity contribution is 0.0944. The van der Waals surface area contributed by atoms with Crippen molar-refractivity contribution in [2.24, 2.45) is 5.92 Å². The topological polar surface area (TPSA) is 81.8 Å². The predicted molar refractivity (Wildman–Crippen MR) is 113 cm³/mol. The van der Waals surface area contributed by atoms with E-state index in [0.29, 0.717) is 12.1 Å². The first-order valence-corrected chi connectivity index (χ1v) is 10.5. The van der Waals surface area contributed by atoms with E-state index in [1.807, 2.05) is 32.0 Å². The van der Waals surface area contributed by atoms with Crippen LogP contribution in [0, 0.1) is 19.8 Å². The van der Waals surface area contributed by atoms with Gasteiger partial charge in [-0.2, -0.15) is 0 Å². The molecule has 2 aliphatic rings. The van der Waals surface area contributed by atoms with Crippen LogP contribution in [0.4, 0.5) is 0 Å². The molecule has 1 atom stereocenters. The van der Waals surface area contributed by atoms with Gasteiger partial charge in [0, 0.05) is 31.6 Å². The third kappa shape index (κ3) is 3.05. The fourth-order valence-electron chi connectivity index (χ4n) is 4.77. The van der Waals surface area contributed by atoms with Crippen LogP contribution in [0.25, 0.3) is 5.69 Å². The Bertz CT molecular complexity index is 1210. The molecule has 0 radical (unpaired) electrons. The summed E-state index contributed by atoms with van der Waals surface area (Å²) in [5.41, 5.74) is 4.08. The van der Waals surface area contributed by atoms with Gasteiger partial charge >= 0.3 is 0 Å². The average Bonchev–Trinajstić information content (AvgIpc) is 3.44. The third-order valence-corrected chi connectivity index (χ3v) is 6.38. The molecule has 0 bridgehead atoms. The molecule has 3 heterocycles. The Labute approximate surface area is 174 Å². The van der Waals surface area contributed by atoms with Crippen molar-refractivity contribution in [3.8, 4) is 5.69 Å². The number of carbonyl (C=O) groups is 1. The third-order valence-electron chi connectivity index (χ3n) is 6.38. The van der Waals surface area contributed by atoms with Crippen molar-refractivity contribution < 1.29 is 4.79 Å². The summed E-state index contributed by atoms with van der Waals surface area (Å²) in [5.74, 6) is 1.82. The van der Waals surface area contributed by atoms with Gasteiger partial charge in [-0.05, 0) is 61.9 Å². The molecule has 7 heteroatoms. The lowest BCUT2D eigenvalue weighted by Gasteiger charge is -2.15. The Morgan fingerprint density at radius 3 is 2.90 bits per heavy atom. The van der Waals surface area contributed by atoms with Crippen LogP contribution in [-0.4, -0.2) is 31.8 Å². The summed E-state index contributed by atoms with van der Waals surface area (Å²) < 4.78 is 3.72. The molecule has 154 valence electrons. The van der Waals surface area contributed by atoms with Gasteiger partial charge in [-0.3, -0.25) is 14.2 Å². The molecule has 1 aromatic carbocycles. The Morgan fingerprint density at radius 1 is 1.20 bits per heavy atom. The maximum absolute atomic E-state index is 13.3. The van der Waals surface area contributed by atoms with Gasteiger partial charge in [-0.25, -0.2) is 0 Å². The molecule has 1 N–H and O–H groups in total. The van der Waals surface area contributed by atoms with Gasteiger partial charge in [0.25, 0.3) is 11.5 Å². The van der Waals surface area contributed by atoms with Crippen molar-refractivity contribution in [2.45, 2.75) is 46.1 Å². The summed E-state index contributed by atoms with van der Waals surface area (Å²) in [7, 11) is 0. The van der Waals surface area contributed by atoms with E-state index in [2.05, 4.69) is 26.1 Å². The summed E-state index contributed by atoms with van der Waals surface area (Å²) in [4.78, 5) is 26.3. The second-order valence-electron chi connectivity index (χ2n) is 8.37. The van der Waals surface area contributed by atoms with E-state index < -0.39 is 0 Å². The van der Waals surface area contributed by atoms with Crippen molar-refractivity contribution in [1.82, 2.24) is 24.6 Å². The zero-order valence-electron chi connectivity index (χ0n) is 17.3. The van der Waals surface area contributed by atoms with Crippen LogP contribution in [0.2, 0.25) is 0 Å². The first-order valence-electron chi connectivity index (χ1n) is 10.5. The number of carbonyl (C=O) groups excluding carboxylic acids is 1. The molecule has 1 amide bonds. The van der Waals surface area contributed by atoms with E-state index in [9.17, 15) is 9.59 Å². The van der Waals surface area contributed by atoms with Gasteiger partial charge in [-0.15, -0.1) is 10.2 Å². The number of benzene rings is 1. The number of amides is 1. The molecule has 30 heavy (non-hydrogen) atoms. The number of hydrogen-bond donors (Lipinski definition) is 1. The summed E-state index contributed by atoms with van der Waals surface area (Å²) in [6, 6.07) is 7.94. The van der Waals surface area contributed by atoms with Crippen LogP contribution in [0.5, 0.6) is 0 Å². The number of fused-ring (bicyclic) bond motifs is 2. The van der Waals surface area contributed by atoms with Gasteiger partial charge in [0.15, 0.2) is 0 Å². The first-order chi connectivity index (χ1) is 14.5. The number of nitrogens with zero attached hydrogens (tertiary/aromatic N) is 4. The minimum absolute atomic E-state index is 0.224. The molecule has 0 fully saturated rings. The Kier molecular flexibility index (Phi) is 4.53. The molecular formula is C23H25N5O2. The van der Waals surface area contributed by atoms with Gasteiger partial charge in [0.05, 0.1) is 5.69 Å². The fourth-order valence-corrected chi connectivity index (χ4v) is 4.77. The summed E-state index contributed by atoms with van der Waals surface area (Å²) in [6.07, 6.45) is 5.70. The van der Waals surface area contributed by atoms with E-state index >= 15 is 0 Å². The largest absolute Gasteiger partial charge is 0.351 e. The first kappa shape index (κ1) is 18.8. The van der Waals surface area contributed by atoms with Crippen molar-refractivity contribution in [1.29, 1.82) is 0 Å². The summed E-state index contributed by atoms with van der Waals surface area (Å²) in [6.45, 7) is 5.06. The molecule has 0 spiro atoms. The molecular weight excluding hydrogens is 378 g/mol. The molecule has 7 nitrogen and oxygen atoms in total.